The molecule has 4 aromatic rings. The molecule has 1 radical (unpaired) electrons. The number of rotatable bonds is 3. The Hall–Kier alpha value is -3.35. The van der Waals surface area contributed by atoms with E-state index in [9.17, 15) is 22.4 Å². The van der Waals surface area contributed by atoms with Gasteiger partial charge in [0.15, 0.2) is 0 Å². The monoisotopic (exact) mass is 385 g/mol. The number of alkyl halides is 3. The molecule has 1 aromatic heterocycles. The van der Waals surface area contributed by atoms with E-state index in [4.69, 9.17) is 5.73 Å². The molecule has 1 amide bonds. The van der Waals surface area contributed by atoms with Crippen molar-refractivity contribution < 1.29 is 22.4 Å². The number of fused-ring (bicyclic) bond motifs is 3. The first-order valence-electron chi connectivity index (χ1n) is 8.35. The zero-order valence-corrected chi connectivity index (χ0v) is 14.3. The molecular formula is C21H13F4N2O. The summed E-state index contributed by atoms with van der Waals surface area (Å²) < 4.78 is 55.4. The Balaban J connectivity index is 1.98. The molecule has 0 atom stereocenters. The number of hydrogen-bond donors (Lipinski definition) is 1. The number of carbonyl (C=O) groups is 1. The molecule has 3 aromatic carbocycles. The maximum atomic E-state index is 14.6. The molecule has 3 nitrogen and oxygen atoms in total. The second kappa shape index (κ2) is 6.37. The Kier molecular flexibility index (Phi) is 4.10. The lowest BCUT2D eigenvalue weighted by Crippen LogP contribution is -2.12. The van der Waals surface area contributed by atoms with Crippen molar-refractivity contribution in [3.63, 3.8) is 0 Å². The fourth-order valence-corrected chi connectivity index (χ4v) is 3.48. The molecule has 0 saturated carbocycles. The van der Waals surface area contributed by atoms with E-state index in [2.05, 4.69) is 6.07 Å². The predicted octanol–water partition coefficient (Wildman–Crippen LogP) is 4.90. The summed E-state index contributed by atoms with van der Waals surface area (Å²) in [5.41, 5.74) is 5.50. The number of hydrogen-bond acceptors (Lipinski definition) is 1. The molecule has 4 rings (SSSR count). The van der Waals surface area contributed by atoms with Crippen LogP contribution in [0.3, 0.4) is 0 Å². The molecular weight excluding hydrogens is 372 g/mol. The van der Waals surface area contributed by atoms with Crippen molar-refractivity contribution in [3.05, 3.63) is 83.2 Å². The van der Waals surface area contributed by atoms with Gasteiger partial charge in [0.2, 0.25) is 5.91 Å². The average Bonchev–Trinajstić information content (AvgIpc) is 2.96. The first-order chi connectivity index (χ1) is 13.3. The topological polar surface area (TPSA) is 48.0 Å². The lowest BCUT2D eigenvalue weighted by molar-refractivity contribution is -0.140. The number of nitrogens with two attached hydrogens (primary N) is 1. The van der Waals surface area contributed by atoms with Gasteiger partial charge < -0.3 is 10.3 Å². The van der Waals surface area contributed by atoms with Gasteiger partial charge in [-0.05, 0) is 30.3 Å². The van der Waals surface area contributed by atoms with Gasteiger partial charge in [0.1, 0.15) is 5.82 Å². The second-order valence-electron chi connectivity index (χ2n) is 6.36. The molecule has 0 aliphatic rings. The molecule has 1 heterocycles. The highest BCUT2D eigenvalue weighted by Gasteiger charge is 2.34. The highest BCUT2D eigenvalue weighted by Crippen LogP contribution is 2.35. The van der Waals surface area contributed by atoms with E-state index in [0.717, 1.165) is 0 Å². The minimum Gasteiger partial charge on any atom is -0.366 e. The third-order valence-corrected chi connectivity index (χ3v) is 4.69. The smallest absolute Gasteiger partial charge is 0.366 e. The van der Waals surface area contributed by atoms with Crippen molar-refractivity contribution >= 4 is 27.7 Å². The summed E-state index contributed by atoms with van der Waals surface area (Å²) in [6.07, 6.45) is -4.78. The summed E-state index contributed by atoms with van der Waals surface area (Å²) in [6.45, 7) is -0.143. The quantitative estimate of drug-likeness (QED) is 0.501. The highest BCUT2D eigenvalue weighted by molar-refractivity contribution is 6.17. The van der Waals surface area contributed by atoms with E-state index in [1.54, 1.807) is 41.0 Å². The van der Waals surface area contributed by atoms with Crippen LogP contribution in [0, 0.1) is 11.9 Å². The van der Waals surface area contributed by atoms with Crippen LogP contribution in [0.5, 0.6) is 0 Å². The van der Waals surface area contributed by atoms with Gasteiger partial charge in [0.05, 0.1) is 23.1 Å². The van der Waals surface area contributed by atoms with Crippen LogP contribution in [0.25, 0.3) is 21.8 Å². The molecule has 0 saturated heterocycles. The standard InChI is InChI=1S/C21H13F4N2O/c22-19-12(5-3-8-15(19)21(23,24)25)11-27-16-9-2-1-6-13(16)18-14(20(26)28)7-4-10-17(18)27/h1-5,7-10H,11H2,(H2,26,28). The molecule has 0 unspecified atom stereocenters. The molecule has 0 fully saturated rings. The number of carbonyl (C=O) groups excluding carboxylic acids is 1. The lowest BCUT2D eigenvalue weighted by atomic mass is 10.1. The zero-order valence-electron chi connectivity index (χ0n) is 14.3. The highest BCUT2D eigenvalue weighted by atomic mass is 19.4. The number of amides is 1. The summed E-state index contributed by atoms with van der Waals surface area (Å²) in [7, 11) is 0. The van der Waals surface area contributed by atoms with Crippen molar-refractivity contribution in [2.45, 2.75) is 12.7 Å². The van der Waals surface area contributed by atoms with Crippen molar-refractivity contribution in [2.75, 3.05) is 0 Å². The lowest BCUT2D eigenvalue weighted by Gasteiger charge is -2.13. The number of nitrogens with zero attached hydrogens (tertiary/aromatic N) is 1. The van der Waals surface area contributed by atoms with Crippen LogP contribution in [-0.2, 0) is 12.7 Å². The van der Waals surface area contributed by atoms with E-state index in [1.807, 2.05) is 0 Å². The first kappa shape index (κ1) is 18.0. The predicted molar refractivity (Wildman–Crippen MR) is 97.3 cm³/mol. The van der Waals surface area contributed by atoms with Crippen molar-refractivity contribution in [1.82, 2.24) is 4.57 Å². The third kappa shape index (κ3) is 2.79. The molecule has 0 spiro atoms. The van der Waals surface area contributed by atoms with Gasteiger partial charge in [-0.1, -0.05) is 30.3 Å². The van der Waals surface area contributed by atoms with Gasteiger partial charge in [-0.2, -0.15) is 13.2 Å². The van der Waals surface area contributed by atoms with Gasteiger partial charge in [0, 0.05) is 21.9 Å². The number of primary amides is 1. The Morgan fingerprint density at radius 2 is 1.75 bits per heavy atom. The van der Waals surface area contributed by atoms with Crippen LogP contribution in [0.1, 0.15) is 21.5 Å². The van der Waals surface area contributed by atoms with E-state index < -0.39 is 23.5 Å². The average molecular weight is 385 g/mol. The summed E-state index contributed by atoms with van der Waals surface area (Å²) in [5, 5.41) is 1.14. The Morgan fingerprint density at radius 3 is 2.46 bits per heavy atom. The molecule has 0 aliphatic heterocycles. The van der Waals surface area contributed by atoms with E-state index in [0.29, 0.717) is 27.9 Å². The van der Waals surface area contributed by atoms with Crippen LogP contribution < -0.4 is 5.73 Å². The van der Waals surface area contributed by atoms with Gasteiger partial charge in [-0.25, -0.2) is 4.39 Å². The number of halogens is 4. The van der Waals surface area contributed by atoms with Crippen molar-refractivity contribution in [2.24, 2.45) is 5.73 Å². The Bertz CT molecular complexity index is 1220. The van der Waals surface area contributed by atoms with Crippen molar-refractivity contribution in [3.8, 4) is 0 Å². The van der Waals surface area contributed by atoms with Crippen LogP contribution in [0.15, 0.2) is 54.6 Å². The van der Waals surface area contributed by atoms with Crippen molar-refractivity contribution in [1.29, 1.82) is 0 Å². The number of benzene rings is 3. The van der Waals surface area contributed by atoms with Gasteiger partial charge in [-0.15, -0.1) is 0 Å². The minimum absolute atomic E-state index is 0.109. The van der Waals surface area contributed by atoms with E-state index >= 15 is 0 Å². The van der Waals surface area contributed by atoms with Gasteiger partial charge >= 0.3 is 6.18 Å². The fourth-order valence-electron chi connectivity index (χ4n) is 3.48. The summed E-state index contributed by atoms with van der Waals surface area (Å²) in [6, 6.07) is 16.3. The zero-order chi connectivity index (χ0) is 20.1. The maximum absolute atomic E-state index is 14.6. The summed E-state index contributed by atoms with van der Waals surface area (Å²) in [5.74, 6) is -1.94. The van der Waals surface area contributed by atoms with Crippen LogP contribution >= 0.6 is 0 Å². The molecule has 2 N–H and O–H groups in total. The van der Waals surface area contributed by atoms with E-state index in [-0.39, 0.29) is 17.7 Å². The molecule has 0 bridgehead atoms. The largest absolute Gasteiger partial charge is 0.419 e. The van der Waals surface area contributed by atoms with Gasteiger partial charge in [-0.3, -0.25) is 4.79 Å². The Morgan fingerprint density at radius 1 is 1.04 bits per heavy atom. The second-order valence-corrected chi connectivity index (χ2v) is 6.36. The normalized spacial score (nSPS) is 12.0. The van der Waals surface area contributed by atoms with Crippen LogP contribution in [0.2, 0.25) is 0 Å². The van der Waals surface area contributed by atoms with E-state index in [1.165, 1.54) is 12.1 Å². The third-order valence-electron chi connectivity index (χ3n) is 4.69. The number of aromatic nitrogens is 1. The summed E-state index contributed by atoms with van der Waals surface area (Å²) >= 11 is 0. The summed E-state index contributed by atoms with van der Waals surface area (Å²) in [4.78, 5) is 11.8. The molecule has 141 valence electrons. The molecule has 28 heavy (non-hydrogen) atoms. The molecule has 7 heteroatoms. The first-order valence-corrected chi connectivity index (χ1v) is 8.35. The molecule has 0 aliphatic carbocycles. The minimum atomic E-state index is -4.78. The SMILES string of the molecule is NC(=O)c1cccc2c1c1[c]cccc1n2Cc1cccc(C(F)(F)F)c1F. The van der Waals surface area contributed by atoms with Crippen LogP contribution in [0.4, 0.5) is 17.6 Å². The van der Waals surface area contributed by atoms with Crippen LogP contribution in [-0.4, -0.2) is 10.5 Å². The van der Waals surface area contributed by atoms with Gasteiger partial charge in [0.25, 0.3) is 0 Å². The fraction of sp³-hybridized carbons (Fsp3) is 0.0952. The maximum Gasteiger partial charge on any atom is 0.419 e. The Labute approximate surface area is 157 Å².